The number of aromatic nitrogens is 9. The van der Waals surface area contributed by atoms with E-state index in [4.69, 9.17) is 0 Å². The third kappa shape index (κ3) is 4.37. The van der Waals surface area contributed by atoms with Crippen molar-refractivity contribution in [2.45, 2.75) is 20.0 Å². The van der Waals surface area contributed by atoms with Gasteiger partial charge in [0.25, 0.3) is 11.8 Å². The fraction of sp³-hybridized carbons (Fsp3) is 0.227. The average Bonchev–Trinajstić information content (AvgIpc) is 3.63. The van der Waals surface area contributed by atoms with Crippen LogP contribution in [0, 0.1) is 0 Å². The first-order chi connectivity index (χ1) is 17.3. The lowest BCUT2D eigenvalue weighted by atomic mass is 10.3. The molecule has 5 aromatic rings. The summed E-state index contributed by atoms with van der Waals surface area (Å²) in [5.74, 6) is -0.886. The monoisotopic (exact) mass is 551 g/mol. The van der Waals surface area contributed by atoms with Gasteiger partial charge in [-0.2, -0.15) is 20.4 Å². The maximum Gasteiger partial charge on any atom is 0.276 e. The van der Waals surface area contributed by atoms with E-state index in [1.54, 1.807) is 52.5 Å². The predicted molar refractivity (Wildman–Crippen MR) is 133 cm³/mol. The van der Waals surface area contributed by atoms with Gasteiger partial charge in [-0.15, -0.1) is 0 Å². The minimum atomic E-state index is -0.501. The van der Waals surface area contributed by atoms with Crippen molar-refractivity contribution in [3.05, 3.63) is 64.5 Å². The Morgan fingerprint density at radius 1 is 1.08 bits per heavy atom. The topological polar surface area (TPSA) is 142 Å². The van der Waals surface area contributed by atoms with Crippen molar-refractivity contribution in [1.82, 2.24) is 49.3 Å². The van der Waals surface area contributed by atoms with Crippen molar-refractivity contribution in [2.75, 3.05) is 5.32 Å². The maximum absolute atomic E-state index is 13.1. The minimum absolute atomic E-state index is 0.131. The van der Waals surface area contributed by atoms with Crippen molar-refractivity contribution in [1.29, 1.82) is 0 Å². The average molecular weight is 552 g/mol. The highest BCUT2D eigenvalue weighted by Gasteiger charge is 2.22. The zero-order valence-electron chi connectivity index (χ0n) is 19.7. The number of carbonyl (C=O) groups is 2. The molecule has 2 amide bonds. The summed E-state index contributed by atoms with van der Waals surface area (Å²) < 4.78 is 7.22. The molecule has 5 aromatic heterocycles. The zero-order chi connectivity index (χ0) is 25.4. The lowest BCUT2D eigenvalue weighted by Crippen LogP contribution is -2.26. The quantitative estimate of drug-likeness (QED) is 0.315. The van der Waals surface area contributed by atoms with E-state index >= 15 is 0 Å². The van der Waals surface area contributed by atoms with Crippen molar-refractivity contribution >= 4 is 39.1 Å². The highest BCUT2D eigenvalue weighted by atomic mass is 79.9. The largest absolute Gasteiger partial charge is 0.346 e. The van der Waals surface area contributed by atoms with Crippen LogP contribution in [0.4, 0.5) is 5.69 Å². The summed E-state index contributed by atoms with van der Waals surface area (Å²) in [6, 6.07) is 3.35. The van der Waals surface area contributed by atoms with Crippen LogP contribution in [0.25, 0.3) is 17.0 Å². The first-order valence-electron chi connectivity index (χ1n) is 11.0. The maximum atomic E-state index is 13.1. The number of nitrogens with zero attached hydrogens (tertiary/aromatic N) is 9. The summed E-state index contributed by atoms with van der Waals surface area (Å²) in [6.07, 6.45) is 8.41. The van der Waals surface area contributed by atoms with Crippen LogP contribution in [0.2, 0.25) is 0 Å². The number of hydrogen-bond donors (Lipinski definition) is 2. The number of anilines is 1. The highest BCUT2D eigenvalue weighted by Crippen LogP contribution is 2.27. The van der Waals surface area contributed by atoms with Crippen LogP contribution in [0.15, 0.2) is 47.6 Å². The van der Waals surface area contributed by atoms with Crippen LogP contribution < -0.4 is 10.6 Å². The fourth-order valence-corrected chi connectivity index (χ4v) is 4.25. The first-order valence-corrected chi connectivity index (χ1v) is 11.8. The molecule has 0 saturated carbocycles. The number of halogens is 1. The number of aryl methyl sites for hydroxylation is 3. The van der Waals surface area contributed by atoms with Crippen LogP contribution in [-0.4, -0.2) is 55.8 Å². The predicted octanol–water partition coefficient (Wildman–Crippen LogP) is 2.02. The van der Waals surface area contributed by atoms with Gasteiger partial charge < -0.3 is 10.6 Å². The minimum Gasteiger partial charge on any atom is -0.346 e. The van der Waals surface area contributed by atoms with E-state index in [0.717, 1.165) is 10.0 Å². The van der Waals surface area contributed by atoms with Crippen molar-refractivity contribution in [2.24, 2.45) is 14.1 Å². The summed E-state index contributed by atoms with van der Waals surface area (Å²) in [7, 11) is 3.43. The van der Waals surface area contributed by atoms with Crippen LogP contribution in [0.1, 0.15) is 33.5 Å². The van der Waals surface area contributed by atoms with E-state index < -0.39 is 5.91 Å². The number of hydrogen-bond acceptors (Lipinski definition) is 7. The van der Waals surface area contributed by atoms with E-state index in [1.807, 2.05) is 19.3 Å². The molecular formula is C22H22BrN11O2. The van der Waals surface area contributed by atoms with Crippen molar-refractivity contribution < 1.29 is 9.59 Å². The lowest BCUT2D eigenvalue weighted by Gasteiger charge is -2.07. The van der Waals surface area contributed by atoms with Gasteiger partial charge in [-0.3, -0.25) is 23.6 Å². The molecule has 0 atom stereocenters. The number of amides is 2. The molecule has 0 aliphatic carbocycles. The molecule has 0 radical (unpaired) electrons. The Bertz CT molecular complexity index is 1590. The molecule has 0 aliphatic rings. The third-order valence-corrected chi connectivity index (χ3v) is 6.07. The summed E-state index contributed by atoms with van der Waals surface area (Å²) in [5, 5.41) is 22.8. The first kappa shape index (κ1) is 23.4. The van der Waals surface area contributed by atoms with Crippen molar-refractivity contribution in [3.63, 3.8) is 0 Å². The smallest absolute Gasteiger partial charge is 0.276 e. The Hall–Kier alpha value is -4.33. The molecule has 5 heterocycles. The normalized spacial score (nSPS) is 11.2. The summed E-state index contributed by atoms with van der Waals surface area (Å²) in [4.78, 5) is 30.3. The molecule has 13 nitrogen and oxygen atoms in total. The number of fused-ring (bicyclic) bond motifs is 1. The molecule has 0 saturated heterocycles. The number of carbonyl (C=O) groups excluding carboxylic acids is 2. The second-order valence-electron chi connectivity index (χ2n) is 8.00. The zero-order valence-corrected chi connectivity index (χ0v) is 21.3. The van der Waals surface area contributed by atoms with Crippen molar-refractivity contribution in [3.8, 4) is 11.4 Å². The Kier molecular flexibility index (Phi) is 6.10. The molecule has 0 spiro atoms. The van der Waals surface area contributed by atoms with E-state index in [0.29, 0.717) is 23.6 Å². The van der Waals surface area contributed by atoms with Gasteiger partial charge in [0.15, 0.2) is 11.3 Å². The second-order valence-corrected chi connectivity index (χ2v) is 8.85. The molecule has 0 fully saturated rings. The van der Waals surface area contributed by atoms with Crippen LogP contribution in [-0.2, 0) is 27.2 Å². The van der Waals surface area contributed by atoms with Crippen LogP contribution in [0.3, 0.4) is 0 Å². The Balaban J connectivity index is 1.38. The van der Waals surface area contributed by atoms with Gasteiger partial charge in [0.2, 0.25) is 0 Å². The molecule has 184 valence electrons. The van der Waals surface area contributed by atoms with Gasteiger partial charge in [-0.1, -0.05) is 0 Å². The molecule has 0 unspecified atom stereocenters. The summed E-state index contributed by atoms with van der Waals surface area (Å²) in [5.41, 5.74) is 3.30. The Morgan fingerprint density at radius 3 is 2.64 bits per heavy atom. The second kappa shape index (κ2) is 9.37. The fourth-order valence-electron chi connectivity index (χ4n) is 3.73. The number of rotatable bonds is 7. The summed E-state index contributed by atoms with van der Waals surface area (Å²) >= 11 is 3.54. The molecule has 2 N–H and O–H groups in total. The van der Waals surface area contributed by atoms with Gasteiger partial charge in [0.05, 0.1) is 28.2 Å². The Labute approximate surface area is 213 Å². The van der Waals surface area contributed by atoms with E-state index in [1.165, 1.54) is 10.9 Å². The van der Waals surface area contributed by atoms with E-state index in [-0.39, 0.29) is 29.5 Å². The Morgan fingerprint density at radius 2 is 1.92 bits per heavy atom. The molecule has 0 aromatic carbocycles. The van der Waals surface area contributed by atoms with Gasteiger partial charge >= 0.3 is 0 Å². The lowest BCUT2D eigenvalue weighted by molar-refractivity contribution is 0.0942. The van der Waals surface area contributed by atoms with Crippen LogP contribution in [0.5, 0.6) is 0 Å². The molecule has 14 heteroatoms. The molecule has 5 rings (SSSR count). The van der Waals surface area contributed by atoms with Gasteiger partial charge in [-0.05, 0) is 28.9 Å². The number of nitrogens with one attached hydrogen (secondary N) is 2. The van der Waals surface area contributed by atoms with Gasteiger partial charge in [-0.25, -0.2) is 9.50 Å². The van der Waals surface area contributed by atoms with Gasteiger partial charge in [0, 0.05) is 57.4 Å². The SMILES string of the molecule is CCn1cc(Br)c(-c2ccnc3cc(C(=O)Nc4cnn(C)c4C(=O)NCc4cnn(C)c4)nn23)n1. The third-order valence-electron chi connectivity index (χ3n) is 5.49. The van der Waals surface area contributed by atoms with E-state index in [2.05, 4.69) is 51.9 Å². The summed E-state index contributed by atoms with van der Waals surface area (Å²) in [6.45, 7) is 2.99. The molecule has 0 bridgehead atoms. The molecule has 36 heavy (non-hydrogen) atoms. The highest BCUT2D eigenvalue weighted by molar-refractivity contribution is 9.10. The standard InChI is InChI=1S/C22H22BrN11O2/c1-4-33-12-14(23)19(30-33)17-5-6-24-18-7-15(29-34(17)18)21(35)28-16-10-27-32(3)20(16)22(36)25-8-13-9-26-31(2)11-13/h5-7,9-12H,4,8H2,1-3H3,(H,25,36)(H,28,35). The van der Waals surface area contributed by atoms with Crippen LogP contribution >= 0.6 is 15.9 Å². The van der Waals surface area contributed by atoms with E-state index in [9.17, 15) is 9.59 Å². The molecule has 0 aliphatic heterocycles. The van der Waals surface area contributed by atoms with Gasteiger partial charge in [0.1, 0.15) is 11.4 Å². The molecular weight excluding hydrogens is 530 g/mol.